The van der Waals surface area contributed by atoms with Crippen LogP contribution in [0.15, 0.2) is 49.1 Å². The highest BCUT2D eigenvalue weighted by Gasteiger charge is 2.30. The molecule has 0 N–H and O–H groups in total. The number of hydrogen-bond acceptors (Lipinski definition) is 8. The molecule has 11 heteroatoms. The highest BCUT2D eigenvalue weighted by molar-refractivity contribution is 5.84. The summed E-state index contributed by atoms with van der Waals surface area (Å²) in [6, 6.07) is 6.65. The van der Waals surface area contributed by atoms with Crippen molar-refractivity contribution in [2.45, 2.75) is 19.7 Å². The number of ether oxygens (including phenoxy) is 1. The largest absolute Gasteiger partial charge is 0.355 e. The number of aromatic nitrogens is 7. The van der Waals surface area contributed by atoms with Crippen LogP contribution < -0.4 is 4.90 Å². The number of nitrogens with zero attached hydrogens (tertiary/aromatic N) is 8. The Morgan fingerprint density at radius 1 is 1.22 bits per heavy atom. The molecule has 0 radical (unpaired) electrons. The number of hydrogen-bond donors (Lipinski definition) is 0. The summed E-state index contributed by atoms with van der Waals surface area (Å²) in [6.07, 6.45) is 6.45. The van der Waals surface area contributed by atoms with E-state index in [4.69, 9.17) is 4.74 Å². The average Bonchev–Trinajstić information content (AvgIpc) is 3.56. The van der Waals surface area contributed by atoms with Gasteiger partial charge in [0.05, 0.1) is 43.1 Å². The first-order chi connectivity index (χ1) is 15.6. The molecule has 32 heavy (non-hydrogen) atoms. The minimum atomic E-state index is -0.395. The summed E-state index contributed by atoms with van der Waals surface area (Å²) in [6.45, 7) is 3.40. The van der Waals surface area contributed by atoms with Crippen molar-refractivity contribution in [3.8, 4) is 17.1 Å². The third-order valence-corrected chi connectivity index (χ3v) is 5.13. The fourth-order valence-corrected chi connectivity index (χ4v) is 3.75. The third kappa shape index (κ3) is 3.73. The second-order valence-electron chi connectivity index (χ2n) is 7.26. The van der Waals surface area contributed by atoms with E-state index >= 15 is 0 Å². The molecule has 1 saturated heterocycles. The minimum absolute atomic E-state index is 0.255. The Labute approximate surface area is 182 Å². The first-order valence-electron chi connectivity index (χ1n) is 9.99. The Bertz CT molecular complexity index is 1240. The molecule has 4 aromatic rings. The van der Waals surface area contributed by atoms with E-state index in [1.807, 2.05) is 25.3 Å². The predicted molar refractivity (Wildman–Crippen MR) is 112 cm³/mol. The lowest BCUT2D eigenvalue weighted by molar-refractivity contribution is 0.0956. The molecule has 0 aliphatic carbocycles. The molecule has 10 nitrogen and oxygen atoms in total. The molecule has 1 fully saturated rings. The summed E-state index contributed by atoms with van der Waals surface area (Å²) >= 11 is 0. The van der Waals surface area contributed by atoms with Gasteiger partial charge in [0, 0.05) is 18.4 Å². The Morgan fingerprint density at radius 3 is 2.81 bits per heavy atom. The van der Waals surface area contributed by atoms with Gasteiger partial charge in [-0.3, -0.25) is 14.5 Å². The average molecular weight is 434 g/mol. The molecule has 0 amide bonds. The second-order valence-corrected chi connectivity index (χ2v) is 7.26. The van der Waals surface area contributed by atoms with Gasteiger partial charge in [0.2, 0.25) is 0 Å². The highest BCUT2D eigenvalue weighted by atomic mass is 19.1. The topological polar surface area (TPSA) is 104 Å². The van der Waals surface area contributed by atoms with E-state index in [1.165, 1.54) is 10.9 Å². The standard InChI is InChI=1S/C21H19FN8O2/c1-14-10-19(21(18(13-31)26-14)30-24-5-6-25-30)29-8-9-32-20(29)12-28-7-4-17(27-28)16-3-2-15(22)11-23-16/h2-7,10-11,13,20H,8-9,12H2,1H3. The molecule has 1 unspecified atom stereocenters. The number of rotatable bonds is 6. The van der Waals surface area contributed by atoms with E-state index in [9.17, 15) is 9.18 Å². The molecule has 1 aliphatic heterocycles. The lowest BCUT2D eigenvalue weighted by atomic mass is 10.2. The number of carbonyl (C=O) groups is 1. The van der Waals surface area contributed by atoms with Crippen LogP contribution in [0.1, 0.15) is 16.2 Å². The van der Waals surface area contributed by atoms with Crippen LogP contribution in [0.3, 0.4) is 0 Å². The molecular weight excluding hydrogens is 415 g/mol. The van der Waals surface area contributed by atoms with Crippen molar-refractivity contribution in [2.24, 2.45) is 0 Å². The van der Waals surface area contributed by atoms with E-state index in [0.29, 0.717) is 48.8 Å². The van der Waals surface area contributed by atoms with Crippen LogP contribution in [0.2, 0.25) is 0 Å². The summed E-state index contributed by atoms with van der Waals surface area (Å²) < 4.78 is 20.9. The Kier molecular flexibility index (Phi) is 5.15. The predicted octanol–water partition coefficient (Wildman–Crippen LogP) is 2.04. The van der Waals surface area contributed by atoms with Crippen LogP contribution in [0.4, 0.5) is 10.1 Å². The molecule has 162 valence electrons. The van der Waals surface area contributed by atoms with Gasteiger partial charge in [0.1, 0.15) is 29.1 Å². The van der Waals surface area contributed by atoms with Crippen molar-refractivity contribution in [2.75, 3.05) is 18.1 Å². The van der Waals surface area contributed by atoms with Crippen LogP contribution >= 0.6 is 0 Å². The van der Waals surface area contributed by atoms with Crippen molar-refractivity contribution in [1.82, 2.24) is 34.7 Å². The molecule has 1 aliphatic rings. The number of aldehydes is 1. The molecule has 5 rings (SSSR count). The molecule has 5 heterocycles. The van der Waals surface area contributed by atoms with Gasteiger partial charge in [-0.05, 0) is 31.2 Å². The molecule has 1 atom stereocenters. The van der Waals surface area contributed by atoms with Crippen molar-refractivity contribution in [3.63, 3.8) is 0 Å². The van der Waals surface area contributed by atoms with Gasteiger partial charge in [-0.15, -0.1) is 4.80 Å². The monoisotopic (exact) mass is 434 g/mol. The van der Waals surface area contributed by atoms with Gasteiger partial charge >= 0.3 is 0 Å². The molecule has 4 aromatic heterocycles. The van der Waals surface area contributed by atoms with Crippen molar-refractivity contribution >= 4 is 12.0 Å². The third-order valence-electron chi connectivity index (χ3n) is 5.13. The lowest BCUT2D eigenvalue weighted by Crippen LogP contribution is -2.35. The van der Waals surface area contributed by atoms with E-state index in [1.54, 1.807) is 23.1 Å². The molecule has 0 bridgehead atoms. The van der Waals surface area contributed by atoms with Crippen LogP contribution in [-0.2, 0) is 11.3 Å². The van der Waals surface area contributed by atoms with Crippen molar-refractivity contribution in [3.05, 3.63) is 66.3 Å². The SMILES string of the molecule is Cc1cc(N2CCOC2Cn2ccc(-c3ccc(F)cn3)n2)c(-n2nccn2)c(C=O)n1. The van der Waals surface area contributed by atoms with E-state index in [-0.39, 0.29) is 11.9 Å². The number of aryl methyl sites for hydroxylation is 1. The van der Waals surface area contributed by atoms with Crippen molar-refractivity contribution in [1.29, 1.82) is 0 Å². The van der Waals surface area contributed by atoms with Gasteiger partial charge in [-0.2, -0.15) is 15.3 Å². The van der Waals surface area contributed by atoms with Crippen LogP contribution in [0, 0.1) is 12.7 Å². The highest BCUT2D eigenvalue weighted by Crippen LogP contribution is 2.31. The van der Waals surface area contributed by atoms with Gasteiger partial charge in [0.25, 0.3) is 0 Å². The Morgan fingerprint density at radius 2 is 2.06 bits per heavy atom. The Balaban J connectivity index is 1.45. The van der Waals surface area contributed by atoms with Crippen LogP contribution in [-0.4, -0.2) is 60.4 Å². The minimum Gasteiger partial charge on any atom is -0.355 e. The summed E-state index contributed by atoms with van der Waals surface area (Å²) in [7, 11) is 0. The first-order valence-corrected chi connectivity index (χ1v) is 9.99. The number of carbonyl (C=O) groups excluding carboxylic acids is 1. The fraction of sp³-hybridized carbons (Fsp3) is 0.238. The van der Waals surface area contributed by atoms with E-state index in [2.05, 4.69) is 30.2 Å². The maximum Gasteiger partial charge on any atom is 0.170 e. The number of pyridine rings is 2. The van der Waals surface area contributed by atoms with Gasteiger partial charge < -0.3 is 9.64 Å². The van der Waals surface area contributed by atoms with Gasteiger partial charge in [-0.1, -0.05) is 0 Å². The second kappa shape index (κ2) is 8.27. The molecule has 0 aromatic carbocycles. The maximum absolute atomic E-state index is 13.2. The van der Waals surface area contributed by atoms with E-state index in [0.717, 1.165) is 11.9 Å². The summed E-state index contributed by atoms with van der Waals surface area (Å²) in [5.74, 6) is -0.395. The quantitative estimate of drug-likeness (QED) is 0.425. The van der Waals surface area contributed by atoms with Crippen molar-refractivity contribution < 1.29 is 13.9 Å². The lowest BCUT2D eigenvalue weighted by Gasteiger charge is -2.27. The molecular formula is C21H19FN8O2. The smallest absolute Gasteiger partial charge is 0.170 e. The summed E-state index contributed by atoms with van der Waals surface area (Å²) in [5.41, 5.74) is 3.44. The zero-order valence-electron chi connectivity index (χ0n) is 17.2. The molecule has 0 saturated carbocycles. The number of halogens is 1. The van der Waals surface area contributed by atoms with Crippen LogP contribution in [0.25, 0.3) is 17.1 Å². The number of anilines is 1. The van der Waals surface area contributed by atoms with Gasteiger partial charge in [0.15, 0.2) is 6.29 Å². The summed E-state index contributed by atoms with van der Waals surface area (Å²) in [5, 5.41) is 12.9. The van der Waals surface area contributed by atoms with Crippen LogP contribution in [0.5, 0.6) is 0 Å². The fourth-order valence-electron chi connectivity index (χ4n) is 3.75. The van der Waals surface area contributed by atoms with E-state index < -0.39 is 5.82 Å². The first kappa shape index (κ1) is 19.9. The maximum atomic E-state index is 13.2. The normalized spacial score (nSPS) is 15.9. The van der Waals surface area contributed by atoms with Gasteiger partial charge in [-0.25, -0.2) is 9.37 Å². The zero-order valence-corrected chi connectivity index (χ0v) is 17.2. The summed E-state index contributed by atoms with van der Waals surface area (Å²) in [4.78, 5) is 23.6. The zero-order chi connectivity index (χ0) is 22.1. The molecule has 0 spiro atoms. The Hall–Kier alpha value is -3.99.